The van der Waals surface area contributed by atoms with Crippen molar-refractivity contribution in [2.24, 2.45) is 7.05 Å². The second-order valence-electron chi connectivity index (χ2n) is 5.41. The van der Waals surface area contributed by atoms with Gasteiger partial charge in [0.25, 0.3) is 0 Å². The van der Waals surface area contributed by atoms with E-state index in [9.17, 15) is 4.79 Å². The highest BCUT2D eigenvalue weighted by Gasteiger charge is 2.07. The monoisotopic (exact) mass is 306 g/mol. The third-order valence-electron chi connectivity index (χ3n) is 3.86. The van der Waals surface area contributed by atoms with Crippen molar-refractivity contribution in [3.05, 3.63) is 59.6 Å². The van der Waals surface area contributed by atoms with Crippen molar-refractivity contribution in [2.45, 2.75) is 13.8 Å². The van der Waals surface area contributed by atoms with Crippen molar-refractivity contribution in [2.75, 3.05) is 5.32 Å². The van der Waals surface area contributed by atoms with Crippen molar-refractivity contribution in [3.63, 3.8) is 0 Å². The molecule has 1 amide bonds. The molecule has 0 spiro atoms. The fourth-order valence-electron chi connectivity index (χ4n) is 2.57. The van der Waals surface area contributed by atoms with E-state index in [4.69, 9.17) is 0 Å². The smallest absolute Gasteiger partial charge is 0.248 e. The number of nitrogens with one attached hydrogen (secondary N) is 1. The maximum Gasteiger partial charge on any atom is 0.248 e. The van der Waals surface area contributed by atoms with E-state index in [2.05, 4.69) is 15.4 Å². The number of hydrogen-bond acceptors (Lipinski definition) is 3. The molecule has 5 nitrogen and oxygen atoms in total. The van der Waals surface area contributed by atoms with Crippen LogP contribution in [0.2, 0.25) is 0 Å². The average Bonchev–Trinajstić information content (AvgIpc) is 2.78. The molecule has 0 aliphatic heterocycles. The Morgan fingerprint density at radius 1 is 1.22 bits per heavy atom. The summed E-state index contributed by atoms with van der Waals surface area (Å²) in [6.45, 7) is 3.91. The minimum absolute atomic E-state index is 0.189. The van der Waals surface area contributed by atoms with Gasteiger partial charge < -0.3 is 5.32 Å². The van der Waals surface area contributed by atoms with Gasteiger partial charge in [0.15, 0.2) is 0 Å². The van der Waals surface area contributed by atoms with Crippen LogP contribution in [-0.2, 0) is 11.8 Å². The van der Waals surface area contributed by atoms with E-state index in [1.165, 1.54) is 6.08 Å². The molecule has 2 heterocycles. The summed E-state index contributed by atoms with van der Waals surface area (Å²) >= 11 is 0. The minimum Gasteiger partial charge on any atom is -0.321 e. The van der Waals surface area contributed by atoms with Crippen molar-refractivity contribution < 1.29 is 4.79 Å². The van der Waals surface area contributed by atoms with Crippen LogP contribution < -0.4 is 5.32 Å². The summed E-state index contributed by atoms with van der Waals surface area (Å²) in [4.78, 5) is 16.5. The Bertz CT molecular complexity index is 903. The largest absolute Gasteiger partial charge is 0.321 e. The van der Waals surface area contributed by atoms with Crippen LogP contribution >= 0.6 is 0 Å². The molecular weight excluding hydrogens is 288 g/mol. The van der Waals surface area contributed by atoms with E-state index in [0.717, 1.165) is 27.9 Å². The van der Waals surface area contributed by atoms with E-state index in [1.54, 1.807) is 12.3 Å². The van der Waals surface area contributed by atoms with E-state index >= 15 is 0 Å². The molecule has 0 saturated carbocycles. The Labute approximate surface area is 134 Å². The zero-order valence-electron chi connectivity index (χ0n) is 13.4. The van der Waals surface area contributed by atoms with Gasteiger partial charge in [-0.25, -0.2) is 0 Å². The number of aryl methyl sites for hydroxylation is 2. The highest BCUT2D eigenvalue weighted by molar-refractivity contribution is 6.06. The van der Waals surface area contributed by atoms with Crippen molar-refractivity contribution in [1.82, 2.24) is 14.8 Å². The first kappa shape index (κ1) is 15.0. The summed E-state index contributed by atoms with van der Waals surface area (Å²) < 4.78 is 1.81. The first-order valence-electron chi connectivity index (χ1n) is 7.39. The molecule has 5 heteroatoms. The lowest BCUT2D eigenvalue weighted by molar-refractivity contribution is -0.111. The molecule has 3 rings (SSSR count). The van der Waals surface area contributed by atoms with Crippen molar-refractivity contribution in [3.8, 4) is 0 Å². The maximum atomic E-state index is 12.2. The van der Waals surface area contributed by atoms with Gasteiger partial charge in [0, 0.05) is 36.0 Å². The lowest BCUT2D eigenvalue weighted by atomic mass is 10.1. The molecule has 0 aliphatic carbocycles. The van der Waals surface area contributed by atoms with Crippen LogP contribution in [0.15, 0.2) is 42.6 Å². The highest BCUT2D eigenvalue weighted by atomic mass is 16.1. The molecule has 0 unspecified atom stereocenters. The van der Waals surface area contributed by atoms with E-state index in [-0.39, 0.29) is 5.91 Å². The molecule has 0 bridgehead atoms. The van der Waals surface area contributed by atoms with Crippen LogP contribution in [0.25, 0.3) is 17.0 Å². The molecule has 0 saturated heterocycles. The number of fused-ring (bicyclic) bond motifs is 1. The fourth-order valence-corrected chi connectivity index (χ4v) is 2.57. The number of carbonyl (C=O) groups is 1. The minimum atomic E-state index is -0.189. The number of aromatic nitrogens is 3. The van der Waals surface area contributed by atoms with Crippen LogP contribution in [0.4, 0.5) is 5.69 Å². The molecule has 116 valence electrons. The second kappa shape index (κ2) is 6.04. The molecule has 0 aliphatic rings. The summed E-state index contributed by atoms with van der Waals surface area (Å²) in [6, 6.07) is 9.56. The SMILES string of the molecule is Cc1nn(C)c(C)c1/C=C/C(=O)Nc1cccc2cccnc12. The van der Waals surface area contributed by atoms with Gasteiger partial charge in [-0.05, 0) is 32.1 Å². The lowest BCUT2D eigenvalue weighted by Gasteiger charge is -2.05. The van der Waals surface area contributed by atoms with Gasteiger partial charge in [0.1, 0.15) is 0 Å². The summed E-state index contributed by atoms with van der Waals surface area (Å²) in [5.74, 6) is -0.189. The number of pyridine rings is 1. The lowest BCUT2D eigenvalue weighted by Crippen LogP contribution is -2.08. The molecule has 1 N–H and O–H groups in total. The van der Waals surface area contributed by atoms with Gasteiger partial charge in [0.05, 0.1) is 16.9 Å². The number of anilines is 1. The summed E-state index contributed by atoms with van der Waals surface area (Å²) in [6.07, 6.45) is 5.04. The van der Waals surface area contributed by atoms with Crippen LogP contribution in [0.5, 0.6) is 0 Å². The van der Waals surface area contributed by atoms with Crippen LogP contribution in [0.1, 0.15) is 17.0 Å². The Hall–Kier alpha value is -2.95. The number of nitrogens with zero attached hydrogens (tertiary/aromatic N) is 3. The topological polar surface area (TPSA) is 59.8 Å². The van der Waals surface area contributed by atoms with E-state index < -0.39 is 0 Å². The molecule has 3 aromatic rings. The summed E-state index contributed by atoms with van der Waals surface area (Å²) in [7, 11) is 1.89. The van der Waals surface area contributed by atoms with Gasteiger partial charge in [-0.15, -0.1) is 0 Å². The number of amides is 1. The van der Waals surface area contributed by atoms with Gasteiger partial charge in [-0.3, -0.25) is 14.5 Å². The molecule has 23 heavy (non-hydrogen) atoms. The van der Waals surface area contributed by atoms with Gasteiger partial charge >= 0.3 is 0 Å². The zero-order valence-corrected chi connectivity index (χ0v) is 13.4. The Balaban J connectivity index is 1.83. The molecular formula is C18H18N4O. The van der Waals surface area contributed by atoms with Gasteiger partial charge in [-0.2, -0.15) is 5.10 Å². The number of benzene rings is 1. The van der Waals surface area contributed by atoms with Gasteiger partial charge in [-0.1, -0.05) is 18.2 Å². The molecule has 1 aromatic carbocycles. The average molecular weight is 306 g/mol. The fraction of sp³-hybridized carbons (Fsp3) is 0.167. The van der Waals surface area contributed by atoms with Crippen LogP contribution in [-0.4, -0.2) is 20.7 Å². The third-order valence-corrected chi connectivity index (χ3v) is 3.86. The molecule has 0 atom stereocenters. The third kappa shape index (κ3) is 2.99. The second-order valence-corrected chi connectivity index (χ2v) is 5.41. The normalized spacial score (nSPS) is 11.3. The standard InChI is InChI=1S/C18H18N4O/c1-12-15(13(2)22(3)21-12)9-10-17(23)20-16-8-4-6-14-7-5-11-19-18(14)16/h4-11H,1-3H3,(H,20,23)/b10-9+. The van der Waals surface area contributed by atoms with E-state index in [1.807, 2.05) is 55.9 Å². The highest BCUT2D eigenvalue weighted by Crippen LogP contribution is 2.20. The Morgan fingerprint density at radius 3 is 2.74 bits per heavy atom. The Kier molecular flexibility index (Phi) is 3.93. The maximum absolute atomic E-state index is 12.2. The molecule has 2 aromatic heterocycles. The summed E-state index contributed by atoms with van der Waals surface area (Å²) in [5.41, 5.74) is 4.39. The van der Waals surface area contributed by atoms with Gasteiger partial charge in [0.2, 0.25) is 5.91 Å². The van der Waals surface area contributed by atoms with E-state index in [0.29, 0.717) is 5.69 Å². The van der Waals surface area contributed by atoms with Crippen LogP contribution in [0, 0.1) is 13.8 Å². The number of carbonyl (C=O) groups excluding carboxylic acids is 1. The first-order valence-corrected chi connectivity index (χ1v) is 7.39. The van der Waals surface area contributed by atoms with Crippen molar-refractivity contribution >= 4 is 28.6 Å². The predicted molar refractivity (Wildman–Crippen MR) is 92.1 cm³/mol. The number of hydrogen-bond donors (Lipinski definition) is 1. The quantitative estimate of drug-likeness (QED) is 0.756. The predicted octanol–water partition coefficient (Wildman–Crippen LogP) is 3.24. The number of rotatable bonds is 3. The molecule has 0 fully saturated rings. The molecule has 0 radical (unpaired) electrons. The summed E-state index contributed by atoms with van der Waals surface area (Å²) in [5, 5.41) is 8.22. The number of para-hydroxylation sites is 1. The van der Waals surface area contributed by atoms with Crippen molar-refractivity contribution in [1.29, 1.82) is 0 Å². The Morgan fingerprint density at radius 2 is 2.00 bits per heavy atom. The zero-order chi connectivity index (χ0) is 16.4. The first-order chi connectivity index (χ1) is 11.1. The van der Waals surface area contributed by atoms with Crippen LogP contribution in [0.3, 0.4) is 0 Å².